The van der Waals surface area contributed by atoms with Crippen LogP contribution in [0.5, 0.6) is 0 Å². The van der Waals surface area contributed by atoms with E-state index in [4.69, 9.17) is 56.8 Å². The molecular weight excluding hydrogens is 1230 g/mol. The SMILES string of the molecule is CO[C@H]1O[C@H](CO[C@@H]2O[C@H](COS(=O)(=O)O)[C@@H](O[C@@H]3O[C@H](CO)[C@H](O)[C@H](O)[C@H]3O)[C@H](O[C@@H]3O[C@@H](C)[C@@H](O)[C@@H](O)[C@@H]3O)[C@H]2NC(C)=O)[C@H](O)[C@H](O[C@@H]2O[C@H](CO)[C@H](O)[C@H](O[C@]3(C(=O)O)C[C@H](O)[C@@H](N=C(C)[O-])[C@H]([C@H](O)[C@H](O)CO)O3)[C@H]2O)[C@H]1NC(C)=O.[Na+]. The Morgan fingerprint density at radius 2 is 1.14 bits per heavy atom. The molecule has 87 heavy (non-hydrogen) atoms. The van der Waals surface area contributed by atoms with Crippen LogP contribution < -0.4 is 45.3 Å². The van der Waals surface area contributed by atoms with Crippen molar-refractivity contribution in [3.8, 4) is 0 Å². The first-order valence-electron chi connectivity index (χ1n) is 26.6. The number of methoxy groups -OCH3 is 1. The quantitative estimate of drug-likeness (QED) is 0.0185. The van der Waals surface area contributed by atoms with Gasteiger partial charge in [0.25, 0.3) is 5.79 Å². The maximum absolute atomic E-state index is 13.1. The van der Waals surface area contributed by atoms with Crippen molar-refractivity contribution in [1.29, 1.82) is 0 Å². The van der Waals surface area contributed by atoms with Gasteiger partial charge in [-0.3, -0.25) is 19.1 Å². The average Bonchev–Trinajstić information content (AvgIpc) is 3.65. The Hall–Kier alpha value is -2.33. The van der Waals surface area contributed by atoms with Crippen LogP contribution in [0, 0.1) is 0 Å². The van der Waals surface area contributed by atoms with Gasteiger partial charge in [0.1, 0.15) is 140 Å². The van der Waals surface area contributed by atoms with E-state index >= 15 is 0 Å². The molecule has 39 nitrogen and oxygen atoms in total. The number of hydrogen-bond donors (Lipinski definition) is 19. The summed E-state index contributed by atoms with van der Waals surface area (Å²) in [5.41, 5.74) is 0. The number of carbonyl (C=O) groups is 3. The summed E-state index contributed by atoms with van der Waals surface area (Å²) < 4.78 is 109. The molecule has 0 radical (unpaired) electrons. The first kappa shape index (κ1) is 75.4. The molecule has 0 aromatic heterocycles. The number of aliphatic hydroxyl groups excluding tert-OH is 15. The minimum atomic E-state index is -5.42. The van der Waals surface area contributed by atoms with Crippen molar-refractivity contribution in [1.82, 2.24) is 10.6 Å². The van der Waals surface area contributed by atoms with Crippen molar-refractivity contribution in [2.24, 2.45) is 4.99 Å². The van der Waals surface area contributed by atoms with E-state index in [-0.39, 0.29) is 29.6 Å². The van der Waals surface area contributed by atoms with Gasteiger partial charge in [0, 0.05) is 27.4 Å². The monoisotopic (exact) mass is 1300 g/mol. The molecule has 6 fully saturated rings. The number of carbonyl (C=O) groups excluding carboxylic acids is 2. The Morgan fingerprint density at radius 1 is 0.644 bits per heavy atom. The van der Waals surface area contributed by atoms with Crippen molar-refractivity contribution in [2.45, 2.75) is 224 Å². The van der Waals surface area contributed by atoms with Gasteiger partial charge in [0.05, 0.1) is 45.2 Å². The largest absolute Gasteiger partial charge is 1.00 e. The summed E-state index contributed by atoms with van der Waals surface area (Å²) in [6, 6.07) is -5.37. The van der Waals surface area contributed by atoms with Crippen molar-refractivity contribution in [3.63, 3.8) is 0 Å². The van der Waals surface area contributed by atoms with Crippen LogP contribution in [-0.4, -0.2) is 348 Å². The molecule has 0 aromatic rings. The fourth-order valence-electron chi connectivity index (χ4n) is 10.5. The summed E-state index contributed by atoms with van der Waals surface area (Å²) >= 11 is 0. The number of hydrogen-bond acceptors (Lipinski definition) is 35. The van der Waals surface area contributed by atoms with Gasteiger partial charge in [0.15, 0.2) is 31.5 Å². The molecule has 0 spiro atoms. The van der Waals surface area contributed by atoms with E-state index in [1.165, 1.54) is 6.92 Å². The number of nitrogens with zero attached hydrogens (tertiary/aromatic N) is 1. The average molecular weight is 1300 g/mol. The Bertz CT molecular complexity index is 2370. The molecular formula is C46H76N3NaO36S. The standard InChI is InChI=1S/C46H77N3O36S.Na/c1-12-25(58)30(63)32(65)42(76-12)83-38-24(49-15(4)55)41(80-21(11-75-86(70,71)72)35(38)81-43-33(66)31(64)27(60)18(8-51)77-43)74-10-20-29(62)36(23(48-14(3)54)40(73-5)79-20)82-44-34(67)39(28(61)19(9-52)78-44)85-46(45(68)69)6-16(56)22(47-13(2)53)37(84-46)26(59)17(57)7-50;/h12,16-44,50-52,56-67H,6-11H2,1-5H3,(H,47,53)(H,48,54)(H,49,55)(H,68,69)(H,70,71,72);/q;+1/p-1/t12-,16-,17+,18+,19+,20+,21+,22+,23+,24+,25+,26+,27-,28-,29-,30+,31-,32-,33+,34+,35+,36+,37+,38+,39-,40-,41+,42-,43-,44-,46-;/m0./s1. The minimum Gasteiger partial charge on any atom is -0.862 e. The van der Waals surface area contributed by atoms with Crippen molar-refractivity contribution < 1.29 is 205 Å². The van der Waals surface area contributed by atoms with Crippen molar-refractivity contribution >= 4 is 34.1 Å². The topological polar surface area (TPSA) is 609 Å². The van der Waals surface area contributed by atoms with Crippen LogP contribution in [0.15, 0.2) is 4.99 Å². The molecule has 6 aliphatic heterocycles. The zero-order chi connectivity index (χ0) is 64.2. The van der Waals surface area contributed by atoms with Crippen LogP contribution in [-0.2, 0) is 85.8 Å². The molecule has 31 atom stereocenters. The summed E-state index contributed by atoms with van der Waals surface area (Å²) in [7, 11) is -4.39. The van der Waals surface area contributed by atoms with E-state index in [2.05, 4.69) is 19.8 Å². The molecule has 0 saturated carbocycles. The van der Waals surface area contributed by atoms with Gasteiger partial charge < -0.3 is 154 Å². The van der Waals surface area contributed by atoms with E-state index in [1.807, 2.05) is 0 Å². The van der Waals surface area contributed by atoms with Crippen molar-refractivity contribution in [3.05, 3.63) is 0 Å². The Labute approximate surface area is 516 Å². The maximum Gasteiger partial charge on any atom is 1.00 e. The van der Waals surface area contributed by atoms with Crippen LogP contribution in [0.4, 0.5) is 0 Å². The maximum atomic E-state index is 13.1. The van der Waals surface area contributed by atoms with Gasteiger partial charge in [-0.15, -0.1) is 0 Å². The van der Waals surface area contributed by atoms with Gasteiger partial charge in [0.2, 0.25) is 11.8 Å². The number of amides is 2. The summed E-state index contributed by atoms with van der Waals surface area (Å²) in [5.74, 6) is -8.13. The molecule has 0 aromatic carbocycles. The van der Waals surface area contributed by atoms with Crippen LogP contribution in [0.25, 0.3) is 0 Å². The van der Waals surface area contributed by atoms with Crippen LogP contribution in [0.1, 0.15) is 34.1 Å². The number of nitrogens with one attached hydrogen (secondary N) is 2. The third-order valence-electron chi connectivity index (χ3n) is 14.9. The van der Waals surface area contributed by atoms with Gasteiger partial charge in [-0.1, -0.05) is 0 Å². The molecule has 6 saturated heterocycles. The summed E-state index contributed by atoms with van der Waals surface area (Å²) in [4.78, 5) is 42.6. The zero-order valence-electron chi connectivity index (χ0n) is 47.3. The van der Waals surface area contributed by atoms with E-state index in [1.54, 1.807) is 0 Å². The zero-order valence-corrected chi connectivity index (χ0v) is 50.1. The Morgan fingerprint density at radius 3 is 1.67 bits per heavy atom. The van der Waals surface area contributed by atoms with E-state index in [9.17, 15) is 114 Å². The van der Waals surface area contributed by atoms with Gasteiger partial charge in [-0.2, -0.15) is 8.42 Å². The van der Waals surface area contributed by atoms with E-state index in [0.717, 1.165) is 27.9 Å². The second-order valence-corrected chi connectivity index (χ2v) is 22.2. The minimum absolute atomic E-state index is 0. The first-order valence-corrected chi connectivity index (χ1v) is 27.9. The first-order chi connectivity index (χ1) is 40.2. The third kappa shape index (κ3) is 17.7. The number of aliphatic hydroxyl groups is 15. The molecule has 6 rings (SSSR count). The number of ether oxygens (including phenoxy) is 12. The molecule has 19 N–H and O–H groups in total. The van der Waals surface area contributed by atoms with Crippen LogP contribution in [0.3, 0.4) is 0 Å². The number of aliphatic imine (C=N–C) groups is 1. The van der Waals surface area contributed by atoms with Gasteiger partial charge in [-0.05, 0) is 19.7 Å². The second-order valence-electron chi connectivity index (χ2n) is 21.1. The van der Waals surface area contributed by atoms with Crippen molar-refractivity contribution in [2.75, 3.05) is 40.1 Å². The fourth-order valence-corrected chi connectivity index (χ4v) is 10.8. The summed E-state index contributed by atoms with van der Waals surface area (Å²) in [6.45, 7) is -1.54. The number of aliphatic carboxylic acids is 1. The molecule has 0 unspecified atom stereocenters. The number of carboxylic acid groups (broad SMARTS) is 1. The summed E-state index contributed by atoms with van der Waals surface area (Å²) in [5, 5.41) is 190. The van der Waals surface area contributed by atoms with Gasteiger partial charge in [-0.25, -0.2) is 8.98 Å². The van der Waals surface area contributed by atoms with E-state index < -0.39 is 263 Å². The fraction of sp³-hybridized carbons (Fsp3) is 0.913. The third-order valence-corrected chi connectivity index (χ3v) is 15.3. The van der Waals surface area contributed by atoms with Crippen LogP contribution in [0.2, 0.25) is 0 Å². The molecule has 0 aliphatic carbocycles. The normalized spacial score (nSPS) is 44.6. The molecule has 2 amide bonds. The second kappa shape index (κ2) is 32.0. The smallest absolute Gasteiger partial charge is 0.862 e. The Balaban J connectivity index is 0.0000138. The molecule has 41 heteroatoms. The number of carboxylic acids is 1. The molecule has 0 bridgehead atoms. The Kier molecular flexibility index (Phi) is 27.7. The van der Waals surface area contributed by atoms with Gasteiger partial charge >= 0.3 is 45.9 Å². The number of rotatable bonds is 24. The molecule has 6 aliphatic rings. The molecule has 498 valence electrons. The summed E-state index contributed by atoms with van der Waals surface area (Å²) in [6.07, 6.45) is -56.4. The predicted octanol–water partition coefficient (Wildman–Crippen LogP) is -16.3. The predicted molar refractivity (Wildman–Crippen MR) is 264 cm³/mol. The molecule has 6 heterocycles. The van der Waals surface area contributed by atoms with E-state index in [0.29, 0.717) is 0 Å². The van der Waals surface area contributed by atoms with Crippen LogP contribution >= 0.6 is 0 Å².